The van der Waals surface area contributed by atoms with Crippen LogP contribution in [-0.2, 0) is 0 Å². The van der Waals surface area contributed by atoms with Gasteiger partial charge in [0.25, 0.3) is 5.69 Å². The van der Waals surface area contributed by atoms with E-state index in [2.05, 4.69) is 194 Å². The van der Waals surface area contributed by atoms with Crippen molar-refractivity contribution >= 4 is 70.8 Å². The Labute approximate surface area is 378 Å². The van der Waals surface area contributed by atoms with Crippen LogP contribution in [0.1, 0.15) is 0 Å². The molecule has 8 aromatic carbocycles. The number of nitrogens with one attached hydrogen (secondary N) is 1. The van der Waals surface area contributed by atoms with Crippen molar-refractivity contribution in [2.45, 2.75) is 0 Å². The first-order valence-electron chi connectivity index (χ1n) is 21.8. The van der Waals surface area contributed by atoms with E-state index in [-0.39, 0.29) is 5.69 Å². The second kappa shape index (κ2) is 15.9. The fraction of sp³-hybridized carbons (Fsp3) is 0. The third kappa shape index (κ3) is 6.64. The van der Waals surface area contributed by atoms with Crippen LogP contribution in [0.4, 0.5) is 5.69 Å². The van der Waals surface area contributed by atoms with Crippen molar-refractivity contribution in [3.63, 3.8) is 0 Å². The number of benzene rings is 8. The number of aromatic nitrogens is 5. The van der Waals surface area contributed by atoms with Crippen molar-refractivity contribution in [3.05, 3.63) is 235 Å². The van der Waals surface area contributed by atoms with Gasteiger partial charge in [-0.15, -0.1) is 0 Å². The van der Waals surface area contributed by atoms with Crippen LogP contribution < -0.4 is 0 Å². The van der Waals surface area contributed by atoms with Crippen molar-refractivity contribution in [1.29, 1.82) is 0 Å². The Hall–Kier alpha value is -9.14. The van der Waals surface area contributed by atoms with Crippen molar-refractivity contribution in [2.24, 2.45) is 0 Å². The summed E-state index contributed by atoms with van der Waals surface area (Å²) >= 11 is 0. The molecule has 0 spiro atoms. The molecule has 8 nitrogen and oxygen atoms in total. The zero-order chi connectivity index (χ0) is 44.1. The Morgan fingerprint density at radius 3 is 1.73 bits per heavy atom. The van der Waals surface area contributed by atoms with Crippen molar-refractivity contribution in [2.75, 3.05) is 0 Å². The molecule has 13 aromatic rings. The Bertz CT molecular complexity index is 3960. The largest absolute Gasteiger partial charge is 0.352 e. The van der Waals surface area contributed by atoms with E-state index in [1.807, 2.05) is 36.8 Å². The van der Waals surface area contributed by atoms with Gasteiger partial charge in [0.15, 0.2) is 0 Å². The van der Waals surface area contributed by atoms with Gasteiger partial charge in [-0.3, -0.25) is 20.1 Å². The molecule has 0 saturated carbocycles. The number of aromatic amines is 1. The van der Waals surface area contributed by atoms with Gasteiger partial charge in [0.1, 0.15) is 6.20 Å². The Kier molecular flexibility index (Phi) is 9.28. The van der Waals surface area contributed by atoms with Crippen LogP contribution in [0.2, 0.25) is 0 Å². The van der Waals surface area contributed by atoms with Crippen LogP contribution in [0.5, 0.6) is 0 Å². The van der Waals surface area contributed by atoms with Gasteiger partial charge >= 0.3 is 0 Å². The van der Waals surface area contributed by atoms with Gasteiger partial charge in [-0.2, -0.15) is 0 Å². The van der Waals surface area contributed by atoms with Gasteiger partial charge in [0.05, 0.1) is 38.8 Å². The lowest BCUT2D eigenvalue weighted by Gasteiger charge is -2.10. The average molecular weight is 851 g/mol. The molecule has 13 rings (SSSR count). The lowest BCUT2D eigenvalue weighted by Crippen LogP contribution is -1.94. The molecule has 5 heterocycles. The summed E-state index contributed by atoms with van der Waals surface area (Å²) in [7, 11) is 0. The summed E-state index contributed by atoms with van der Waals surface area (Å²) in [4.78, 5) is 22.9. The first kappa shape index (κ1) is 38.5. The molecule has 0 bridgehead atoms. The highest BCUT2D eigenvalue weighted by Crippen LogP contribution is 2.36. The molecule has 0 amide bonds. The molecule has 0 fully saturated rings. The monoisotopic (exact) mass is 850 g/mol. The number of H-pyrrole nitrogens is 1. The highest BCUT2D eigenvalue weighted by molar-refractivity contribution is 6.16. The predicted octanol–water partition coefficient (Wildman–Crippen LogP) is 14.9. The van der Waals surface area contributed by atoms with Gasteiger partial charge in [0.2, 0.25) is 0 Å². The van der Waals surface area contributed by atoms with Gasteiger partial charge in [-0.25, -0.2) is 0 Å². The van der Waals surface area contributed by atoms with E-state index >= 15 is 0 Å². The van der Waals surface area contributed by atoms with Crippen molar-refractivity contribution < 1.29 is 4.92 Å². The minimum absolute atomic E-state index is 0.000559. The summed E-state index contributed by atoms with van der Waals surface area (Å²) in [5.74, 6) is 0. The number of nitrogens with zero attached hydrogens (tertiary/aromatic N) is 5. The van der Waals surface area contributed by atoms with E-state index in [4.69, 9.17) is 0 Å². The van der Waals surface area contributed by atoms with Crippen LogP contribution in [0.25, 0.3) is 110 Å². The number of pyridine rings is 2. The minimum Gasteiger partial charge on any atom is -0.352 e. The number of nitro groups is 1. The second-order valence-electron chi connectivity index (χ2n) is 16.4. The predicted molar refractivity (Wildman–Crippen MR) is 269 cm³/mol. The molecule has 0 atom stereocenters. The maximum Gasteiger partial charge on any atom is 0.295 e. The van der Waals surface area contributed by atoms with Crippen LogP contribution in [0.15, 0.2) is 225 Å². The van der Waals surface area contributed by atoms with Gasteiger partial charge in [-0.1, -0.05) is 133 Å². The fourth-order valence-corrected chi connectivity index (χ4v) is 9.51. The number of hydrogen-bond donors (Lipinski definition) is 1. The standard InChI is InChI=1S/C29H19N3O2.C29H19N3/c33-32(34)29-19-30-16-14-27(29)23-9-8-22-15-17-31(28(22)18-23)24-12-10-21(11-13-24)26-7-3-5-20-4-1-2-6-25(20)26;1-2-6-23-19(4-1)5-3-7-24(23)20-8-11-22(12-9-20)32-17-15-21-10-13-26-25-14-16-30-18-27(25)31-28(26)29(21)32/h1-19H;1-18,31H. The van der Waals surface area contributed by atoms with E-state index in [1.54, 1.807) is 12.3 Å². The summed E-state index contributed by atoms with van der Waals surface area (Å²) in [6, 6.07) is 65.5. The zero-order valence-electron chi connectivity index (χ0n) is 35.4. The highest BCUT2D eigenvalue weighted by atomic mass is 16.6. The van der Waals surface area contributed by atoms with Crippen LogP contribution in [0, 0.1) is 10.1 Å². The number of hydrogen-bond acceptors (Lipinski definition) is 4. The highest BCUT2D eigenvalue weighted by Gasteiger charge is 2.17. The summed E-state index contributed by atoms with van der Waals surface area (Å²) in [5.41, 5.74) is 12.8. The maximum atomic E-state index is 11.5. The van der Waals surface area contributed by atoms with Crippen molar-refractivity contribution in [1.82, 2.24) is 24.1 Å². The van der Waals surface area contributed by atoms with Crippen LogP contribution in [-0.4, -0.2) is 29.0 Å². The summed E-state index contributed by atoms with van der Waals surface area (Å²) in [6.07, 6.45) is 10.8. The van der Waals surface area contributed by atoms with Gasteiger partial charge in [-0.05, 0) is 109 Å². The van der Waals surface area contributed by atoms with E-state index in [0.29, 0.717) is 5.56 Å². The lowest BCUT2D eigenvalue weighted by atomic mass is 9.98. The number of rotatable bonds is 6. The third-order valence-electron chi connectivity index (χ3n) is 12.7. The third-order valence-corrected chi connectivity index (χ3v) is 12.7. The summed E-state index contributed by atoms with van der Waals surface area (Å²) < 4.78 is 4.38. The smallest absolute Gasteiger partial charge is 0.295 e. The van der Waals surface area contributed by atoms with Crippen LogP contribution in [0.3, 0.4) is 0 Å². The van der Waals surface area contributed by atoms with E-state index < -0.39 is 4.92 Å². The topological polar surface area (TPSA) is 94.6 Å². The number of fused-ring (bicyclic) bond motifs is 8. The Morgan fingerprint density at radius 2 is 1.03 bits per heavy atom. The van der Waals surface area contributed by atoms with E-state index in [1.165, 1.54) is 66.1 Å². The molecule has 0 aliphatic heterocycles. The quantitative estimate of drug-likeness (QED) is 0.133. The molecule has 0 saturated heterocycles. The molecule has 312 valence electrons. The molecule has 8 heteroatoms. The first-order chi connectivity index (χ1) is 32.6. The Balaban J connectivity index is 0.000000138. The van der Waals surface area contributed by atoms with Gasteiger partial charge < -0.3 is 14.1 Å². The molecule has 5 aromatic heterocycles. The maximum absolute atomic E-state index is 11.5. The van der Waals surface area contributed by atoms with Crippen LogP contribution >= 0.6 is 0 Å². The molecule has 0 aliphatic rings. The SMILES string of the molecule is O=[N+]([O-])c1cnccc1-c1ccc2ccn(-c3ccc(-c4cccc5ccccc45)cc3)c2c1.c1ccc2c(-c3ccc(-n4ccc5ccc6c7ccncc7[nH]c6c54)cc3)cccc2c1. The van der Waals surface area contributed by atoms with Gasteiger partial charge in [0, 0.05) is 52.3 Å². The minimum atomic E-state index is -0.391. The average Bonchev–Trinajstić information content (AvgIpc) is 4.12. The summed E-state index contributed by atoms with van der Waals surface area (Å²) in [6.45, 7) is 0. The molecule has 0 radical (unpaired) electrons. The van der Waals surface area contributed by atoms with E-state index in [0.717, 1.165) is 44.4 Å². The summed E-state index contributed by atoms with van der Waals surface area (Å²) in [5, 5.41) is 21.2. The first-order valence-corrected chi connectivity index (χ1v) is 21.8. The lowest BCUT2D eigenvalue weighted by molar-refractivity contribution is -0.384. The molecular weight excluding hydrogens is 813 g/mol. The zero-order valence-corrected chi connectivity index (χ0v) is 35.4. The molecule has 0 aliphatic carbocycles. The Morgan fingerprint density at radius 1 is 0.455 bits per heavy atom. The molecule has 66 heavy (non-hydrogen) atoms. The molecule has 0 unspecified atom stereocenters. The van der Waals surface area contributed by atoms with Crippen molar-refractivity contribution in [3.8, 4) is 44.8 Å². The fourth-order valence-electron chi connectivity index (χ4n) is 9.51. The van der Waals surface area contributed by atoms with E-state index in [9.17, 15) is 10.1 Å². The molecule has 1 N–H and O–H groups in total. The molecular formula is C58H38N6O2. The normalized spacial score (nSPS) is 11.5. The second-order valence-corrected chi connectivity index (χ2v) is 16.4.